The lowest BCUT2D eigenvalue weighted by Gasteiger charge is -2.27. The quantitative estimate of drug-likeness (QED) is 0.773. The molecule has 0 bridgehead atoms. The first kappa shape index (κ1) is 20.9. The number of ether oxygens (including phenoxy) is 1. The van der Waals surface area contributed by atoms with Crippen LogP contribution in [0.1, 0.15) is 32.6 Å². The van der Waals surface area contributed by atoms with Gasteiger partial charge in [-0.3, -0.25) is 14.4 Å². The van der Waals surface area contributed by atoms with Gasteiger partial charge in [0.05, 0.1) is 12.5 Å². The molecule has 7 nitrogen and oxygen atoms in total. The highest BCUT2D eigenvalue weighted by Crippen LogP contribution is 2.29. The largest absolute Gasteiger partial charge is 0.494 e. The molecule has 1 N–H and O–H groups in total. The topological polar surface area (TPSA) is 79.0 Å². The third-order valence-corrected chi connectivity index (χ3v) is 5.70. The Bertz CT molecular complexity index is 973. The summed E-state index contributed by atoms with van der Waals surface area (Å²) in [6.45, 7) is 3.53. The molecule has 2 fully saturated rings. The first-order chi connectivity index (χ1) is 15.0. The number of hydrogen-bond donors (Lipinski definition) is 1. The van der Waals surface area contributed by atoms with Crippen molar-refractivity contribution in [3.05, 3.63) is 48.5 Å². The summed E-state index contributed by atoms with van der Waals surface area (Å²) in [6.07, 6.45) is 2.63. The number of carbonyl (C=O) groups is 3. The molecular formula is C24H27N3O4. The second-order valence-electron chi connectivity index (χ2n) is 7.87. The lowest BCUT2D eigenvalue weighted by molar-refractivity contribution is -0.122. The Morgan fingerprint density at radius 2 is 1.84 bits per heavy atom. The number of nitrogens with one attached hydrogen (secondary N) is 1. The highest BCUT2D eigenvalue weighted by molar-refractivity contribution is 6.04. The normalized spacial score (nSPS) is 18.9. The molecule has 0 aliphatic carbocycles. The second-order valence-corrected chi connectivity index (χ2v) is 7.87. The lowest BCUT2D eigenvalue weighted by atomic mass is 10.1. The molecule has 162 valence electrons. The van der Waals surface area contributed by atoms with Crippen LogP contribution in [0.3, 0.4) is 0 Å². The molecule has 0 aromatic heterocycles. The number of rotatable bonds is 6. The van der Waals surface area contributed by atoms with Crippen LogP contribution in [0.4, 0.5) is 17.1 Å². The first-order valence-electron chi connectivity index (χ1n) is 10.8. The van der Waals surface area contributed by atoms with E-state index in [2.05, 4.69) is 5.32 Å². The summed E-state index contributed by atoms with van der Waals surface area (Å²) in [5, 5.41) is 2.92. The zero-order chi connectivity index (χ0) is 21.8. The molecule has 2 aromatic carbocycles. The predicted octanol–water partition coefficient (Wildman–Crippen LogP) is 3.59. The van der Waals surface area contributed by atoms with E-state index in [0.717, 1.165) is 30.0 Å². The maximum absolute atomic E-state index is 12.8. The molecule has 1 unspecified atom stereocenters. The van der Waals surface area contributed by atoms with Gasteiger partial charge in [-0.1, -0.05) is 6.07 Å². The van der Waals surface area contributed by atoms with Gasteiger partial charge < -0.3 is 19.9 Å². The molecule has 0 radical (unpaired) electrons. The predicted molar refractivity (Wildman–Crippen MR) is 119 cm³/mol. The molecule has 2 saturated heterocycles. The summed E-state index contributed by atoms with van der Waals surface area (Å²) in [5.74, 6) is 0.168. The van der Waals surface area contributed by atoms with E-state index in [4.69, 9.17) is 4.74 Å². The van der Waals surface area contributed by atoms with Gasteiger partial charge in [0.1, 0.15) is 5.75 Å². The number of amides is 3. The minimum absolute atomic E-state index is 0.0722. The van der Waals surface area contributed by atoms with Gasteiger partial charge in [-0.2, -0.15) is 0 Å². The molecule has 2 heterocycles. The smallest absolute Gasteiger partial charge is 0.229 e. The van der Waals surface area contributed by atoms with Crippen LogP contribution >= 0.6 is 0 Å². The van der Waals surface area contributed by atoms with Crippen molar-refractivity contribution >= 4 is 34.8 Å². The van der Waals surface area contributed by atoms with Crippen molar-refractivity contribution in [2.24, 2.45) is 5.92 Å². The summed E-state index contributed by atoms with van der Waals surface area (Å²) in [4.78, 5) is 41.0. The van der Waals surface area contributed by atoms with Gasteiger partial charge in [-0.15, -0.1) is 0 Å². The number of nitrogens with zero attached hydrogens (tertiary/aromatic N) is 2. The SMILES string of the molecule is CCOc1ccc(N2CC(C(=O)Nc3cccc(N4CCCCC4=O)c3)CC2=O)cc1. The van der Waals surface area contributed by atoms with Gasteiger partial charge >= 0.3 is 0 Å². The molecule has 2 aliphatic rings. The van der Waals surface area contributed by atoms with Crippen molar-refractivity contribution in [1.82, 2.24) is 0 Å². The van der Waals surface area contributed by atoms with Gasteiger partial charge in [-0.25, -0.2) is 0 Å². The maximum atomic E-state index is 12.8. The van der Waals surface area contributed by atoms with Crippen LogP contribution < -0.4 is 19.9 Å². The van der Waals surface area contributed by atoms with E-state index >= 15 is 0 Å². The number of benzene rings is 2. The Labute approximate surface area is 182 Å². The van der Waals surface area contributed by atoms with Crippen molar-refractivity contribution in [1.29, 1.82) is 0 Å². The molecule has 0 saturated carbocycles. The Hall–Kier alpha value is -3.35. The summed E-state index contributed by atoms with van der Waals surface area (Å²) in [6, 6.07) is 14.7. The van der Waals surface area contributed by atoms with Crippen molar-refractivity contribution in [2.45, 2.75) is 32.6 Å². The molecule has 2 aromatic rings. The zero-order valence-electron chi connectivity index (χ0n) is 17.7. The molecule has 4 rings (SSSR count). The Morgan fingerprint density at radius 1 is 1.03 bits per heavy atom. The molecule has 0 spiro atoms. The Balaban J connectivity index is 1.41. The van der Waals surface area contributed by atoms with Gasteiger partial charge in [0, 0.05) is 43.0 Å². The fourth-order valence-corrected chi connectivity index (χ4v) is 4.10. The van der Waals surface area contributed by atoms with Crippen LogP contribution in [0.25, 0.3) is 0 Å². The van der Waals surface area contributed by atoms with Gasteiger partial charge in [0.25, 0.3) is 0 Å². The molecule has 31 heavy (non-hydrogen) atoms. The van der Waals surface area contributed by atoms with Gasteiger partial charge in [-0.05, 0) is 62.2 Å². The standard InChI is InChI=1S/C24H27N3O4/c1-2-31-21-11-9-19(10-12-21)27-16-17(14-23(27)29)24(30)25-18-6-5-7-20(15-18)26-13-4-3-8-22(26)28/h5-7,9-12,15,17H,2-4,8,13-14,16H2,1H3,(H,25,30). The van der Waals surface area contributed by atoms with E-state index in [-0.39, 0.29) is 24.1 Å². The van der Waals surface area contributed by atoms with Crippen LogP contribution in [0.5, 0.6) is 5.75 Å². The van der Waals surface area contributed by atoms with E-state index in [9.17, 15) is 14.4 Å². The second kappa shape index (κ2) is 9.20. The van der Waals surface area contributed by atoms with Crippen LogP contribution in [0.2, 0.25) is 0 Å². The number of carbonyl (C=O) groups excluding carboxylic acids is 3. The molecular weight excluding hydrogens is 394 g/mol. The number of anilines is 3. The number of hydrogen-bond acceptors (Lipinski definition) is 4. The fourth-order valence-electron chi connectivity index (χ4n) is 4.10. The molecule has 3 amide bonds. The third kappa shape index (κ3) is 4.71. The minimum Gasteiger partial charge on any atom is -0.494 e. The van der Waals surface area contributed by atoms with Gasteiger partial charge in [0.2, 0.25) is 17.7 Å². The first-order valence-corrected chi connectivity index (χ1v) is 10.8. The monoisotopic (exact) mass is 421 g/mol. The summed E-state index contributed by atoms with van der Waals surface area (Å²) in [7, 11) is 0. The highest BCUT2D eigenvalue weighted by Gasteiger charge is 2.35. The molecule has 2 aliphatic heterocycles. The molecule has 7 heteroatoms. The Kier molecular flexibility index (Phi) is 6.21. The van der Waals surface area contributed by atoms with Crippen molar-refractivity contribution in [3.63, 3.8) is 0 Å². The van der Waals surface area contributed by atoms with Crippen LogP contribution in [-0.2, 0) is 14.4 Å². The average Bonchev–Trinajstić information content (AvgIpc) is 3.17. The summed E-state index contributed by atoms with van der Waals surface area (Å²) in [5.41, 5.74) is 2.18. The summed E-state index contributed by atoms with van der Waals surface area (Å²) >= 11 is 0. The van der Waals surface area contributed by atoms with E-state index in [0.29, 0.717) is 31.8 Å². The van der Waals surface area contributed by atoms with Crippen molar-refractivity contribution in [3.8, 4) is 5.75 Å². The summed E-state index contributed by atoms with van der Waals surface area (Å²) < 4.78 is 5.44. The zero-order valence-corrected chi connectivity index (χ0v) is 17.7. The number of piperidine rings is 1. The van der Waals surface area contributed by atoms with E-state index in [1.807, 2.05) is 49.4 Å². The average molecular weight is 421 g/mol. The third-order valence-electron chi connectivity index (χ3n) is 5.70. The lowest BCUT2D eigenvalue weighted by Crippen LogP contribution is -2.35. The van der Waals surface area contributed by atoms with Gasteiger partial charge in [0.15, 0.2) is 0 Å². The van der Waals surface area contributed by atoms with Crippen LogP contribution in [0.15, 0.2) is 48.5 Å². The minimum atomic E-state index is -0.431. The maximum Gasteiger partial charge on any atom is 0.229 e. The van der Waals surface area contributed by atoms with Crippen molar-refractivity contribution < 1.29 is 19.1 Å². The van der Waals surface area contributed by atoms with Crippen LogP contribution in [0, 0.1) is 5.92 Å². The Morgan fingerprint density at radius 3 is 2.58 bits per heavy atom. The van der Waals surface area contributed by atoms with E-state index < -0.39 is 5.92 Å². The van der Waals surface area contributed by atoms with E-state index in [1.165, 1.54) is 0 Å². The highest BCUT2D eigenvalue weighted by atomic mass is 16.5. The molecule has 1 atom stereocenters. The van der Waals surface area contributed by atoms with Crippen LogP contribution in [-0.4, -0.2) is 37.4 Å². The van der Waals surface area contributed by atoms with Crippen molar-refractivity contribution in [2.75, 3.05) is 34.8 Å². The fraction of sp³-hybridized carbons (Fsp3) is 0.375. The van der Waals surface area contributed by atoms with E-state index in [1.54, 1.807) is 15.9 Å².